The predicted molar refractivity (Wildman–Crippen MR) is 67.8 cm³/mol. The van der Waals surface area contributed by atoms with Gasteiger partial charge in [-0.2, -0.15) is 0 Å². The summed E-state index contributed by atoms with van der Waals surface area (Å²) in [6.07, 6.45) is 7.55. The Morgan fingerprint density at radius 1 is 1.59 bits per heavy atom. The first-order valence-electron chi connectivity index (χ1n) is 6.68. The zero-order valence-electron chi connectivity index (χ0n) is 10.7. The van der Waals surface area contributed by atoms with Crippen LogP contribution in [0.3, 0.4) is 0 Å². The maximum Gasteiger partial charge on any atom is 0.122 e. The Labute approximate surface area is 103 Å². The van der Waals surface area contributed by atoms with E-state index in [2.05, 4.69) is 28.0 Å². The number of aromatic nitrogens is 2. The van der Waals surface area contributed by atoms with Crippen LogP contribution in [0.2, 0.25) is 0 Å². The molecule has 4 heteroatoms. The standard InChI is InChI=1S/C13H23N3O/c1-2-7-16-8-6-15-13(16)10-14-5-3-12-4-9-17-11-12/h6,8,12,14H,2-5,7,9-11H2,1H3. The summed E-state index contributed by atoms with van der Waals surface area (Å²) in [6.45, 7) is 7.09. The second-order valence-electron chi connectivity index (χ2n) is 4.73. The van der Waals surface area contributed by atoms with E-state index in [1.165, 1.54) is 12.8 Å². The molecule has 1 aliphatic rings. The van der Waals surface area contributed by atoms with E-state index in [9.17, 15) is 0 Å². The first-order chi connectivity index (χ1) is 8.40. The highest BCUT2D eigenvalue weighted by atomic mass is 16.5. The number of hydrogen-bond donors (Lipinski definition) is 1. The lowest BCUT2D eigenvalue weighted by molar-refractivity contribution is 0.184. The summed E-state index contributed by atoms with van der Waals surface area (Å²) in [5, 5.41) is 3.47. The van der Waals surface area contributed by atoms with Crippen molar-refractivity contribution in [2.75, 3.05) is 19.8 Å². The monoisotopic (exact) mass is 237 g/mol. The molecule has 0 aliphatic carbocycles. The molecule has 2 rings (SSSR count). The first-order valence-corrected chi connectivity index (χ1v) is 6.68. The van der Waals surface area contributed by atoms with Crippen LogP contribution in [0.4, 0.5) is 0 Å². The minimum absolute atomic E-state index is 0.762. The molecule has 1 unspecified atom stereocenters. The maximum absolute atomic E-state index is 5.37. The van der Waals surface area contributed by atoms with Gasteiger partial charge >= 0.3 is 0 Å². The Balaban J connectivity index is 1.65. The summed E-state index contributed by atoms with van der Waals surface area (Å²) in [6, 6.07) is 0. The van der Waals surface area contributed by atoms with Crippen molar-refractivity contribution in [2.45, 2.75) is 39.3 Å². The fourth-order valence-electron chi connectivity index (χ4n) is 2.27. The van der Waals surface area contributed by atoms with E-state index in [0.717, 1.165) is 51.0 Å². The smallest absolute Gasteiger partial charge is 0.122 e. The van der Waals surface area contributed by atoms with E-state index in [1.54, 1.807) is 0 Å². The van der Waals surface area contributed by atoms with Crippen LogP contribution in [0, 0.1) is 5.92 Å². The van der Waals surface area contributed by atoms with Crippen LogP contribution >= 0.6 is 0 Å². The summed E-state index contributed by atoms with van der Waals surface area (Å²) >= 11 is 0. The molecule has 0 spiro atoms. The molecule has 2 heterocycles. The quantitative estimate of drug-likeness (QED) is 0.735. The third-order valence-corrected chi connectivity index (χ3v) is 3.30. The van der Waals surface area contributed by atoms with Gasteiger partial charge in [0.15, 0.2) is 0 Å². The Kier molecular flexibility index (Phi) is 5.01. The normalized spacial score (nSPS) is 19.9. The maximum atomic E-state index is 5.37. The highest BCUT2D eigenvalue weighted by molar-refractivity contribution is 4.91. The van der Waals surface area contributed by atoms with Gasteiger partial charge in [0, 0.05) is 32.2 Å². The first kappa shape index (κ1) is 12.6. The number of aryl methyl sites for hydroxylation is 1. The fourth-order valence-corrected chi connectivity index (χ4v) is 2.27. The molecule has 0 amide bonds. The molecule has 1 N–H and O–H groups in total. The number of nitrogens with zero attached hydrogens (tertiary/aromatic N) is 2. The molecule has 17 heavy (non-hydrogen) atoms. The van der Waals surface area contributed by atoms with Crippen molar-refractivity contribution in [2.24, 2.45) is 5.92 Å². The van der Waals surface area contributed by atoms with Crippen LogP contribution in [0.5, 0.6) is 0 Å². The SMILES string of the molecule is CCCn1ccnc1CNCCC1CCOC1. The van der Waals surface area contributed by atoms with Gasteiger partial charge in [-0.1, -0.05) is 6.92 Å². The lowest BCUT2D eigenvalue weighted by atomic mass is 10.1. The van der Waals surface area contributed by atoms with Gasteiger partial charge in [0.2, 0.25) is 0 Å². The lowest BCUT2D eigenvalue weighted by Gasteiger charge is -2.10. The Hall–Kier alpha value is -0.870. The van der Waals surface area contributed by atoms with Gasteiger partial charge in [0.25, 0.3) is 0 Å². The second kappa shape index (κ2) is 6.77. The van der Waals surface area contributed by atoms with Gasteiger partial charge in [0.1, 0.15) is 5.82 Å². The number of hydrogen-bond acceptors (Lipinski definition) is 3. The van der Waals surface area contributed by atoms with Gasteiger partial charge < -0.3 is 14.6 Å². The van der Waals surface area contributed by atoms with Crippen molar-refractivity contribution in [3.8, 4) is 0 Å². The van der Waals surface area contributed by atoms with Crippen molar-refractivity contribution in [3.63, 3.8) is 0 Å². The van der Waals surface area contributed by atoms with Crippen LogP contribution in [0.1, 0.15) is 32.0 Å². The minimum Gasteiger partial charge on any atom is -0.381 e. The molecule has 0 radical (unpaired) electrons. The van der Waals surface area contributed by atoms with E-state index < -0.39 is 0 Å². The molecule has 0 saturated carbocycles. The van der Waals surface area contributed by atoms with Crippen molar-refractivity contribution in [1.29, 1.82) is 0 Å². The van der Waals surface area contributed by atoms with Crippen molar-refractivity contribution in [3.05, 3.63) is 18.2 Å². The zero-order valence-corrected chi connectivity index (χ0v) is 10.7. The highest BCUT2D eigenvalue weighted by Gasteiger charge is 2.14. The summed E-state index contributed by atoms with van der Waals surface area (Å²) in [7, 11) is 0. The molecular weight excluding hydrogens is 214 g/mol. The van der Waals surface area contributed by atoms with Crippen LogP contribution in [0.15, 0.2) is 12.4 Å². The molecule has 1 fully saturated rings. The molecule has 1 aromatic rings. The summed E-state index contributed by atoms with van der Waals surface area (Å²) < 4.78 is 7.59. The van der Waals surface area contributed by atoms with Crippen molar-refractivity contribution < 1.29 is 4.74 Å². The van der Waals surface area contributed by atoms with E-state index >= 15 is 0 Å². The van der Waals surface area contributed by atoms with Gasteiger partial charge in [-0.3, -0.25) is 0 Å². The van der Waals surface area contributed by atoms with Crippen LogP contribution in [-0.4, -0.2) is 29.3 Å². The molecular formula is C13H23N3O. The molecule has 1 atom stereocenters. The third-order valence-electron chi connectivity index (χ3n) is 3.30. The summed E-state index contributed by atoms with van der Waals surface area (Å²) in [4.78, 5) is 4.38. The van der Waals surface area contributed by atoms with E-state index in [0.29, 0.717) is 0 Å². The Bertz CT molecular complexity index is 318. The lowest BCUT2D eigenvalue weighted by Crippen LogP contribution is -2.20. The van der Waals surface area contributed by atoms with Crippen molar-refractivity contribution in [1.82, 2.24) is 14.9 Å². The molecule has 4 nitrogen and oxygen atoms in total. The van der Waals surface area contributed by atoms with Gasteiger partial charge in [-0.15, -0.1) is 0 Å². The third kappa shape index (κ3) is 3.82. The van der Waals surface area contributed by atoms with Gasteiger partial charge in [-0.05, 0) is 31.7 Å². The van der Waals surface area contributed by atoms with Crippen LogP contribution in [0.25, 0.3) is 0 Å². The number of imidazole rings is 1. The fraction of sp³-hybridized carbons (Fsp3) is 0.769. The number of ether oxygens (including phenoxy) is 1. The topological polar surface area (TPSA) is 39.1 Å². The van der Waals surface area contributed by atoms with E-state index in [1.807, 2.05) is 6.20 Å². The Morgan fingerprint density at radius 2 is 2.53 bits per heavy atom. The summed E-state index contributed by atoms with van der Waals surface area (Å²) in [5.74, 6) is 1.91. The Morgan fingerprint density at radius 3 is 3.29 bits per heavy atom. The highest BCUT2D eigenvalue weighted by Crippen LogP contribution is 2.15. The second-order valence-corrected chi connectivity index (χ2v) is 4.73. The molecule has 1 saturated heterocycles. The van der Waals surface area contributed by atoms with Gasteiger partial charge in [0.05, 0.1) is 6.54 Å². The zero-order chi connectivity index (χ0) is 11.9. The average molecular weight is 237 g/mol. The summed E-state index contributed by atoms with van der Waals surface area (Å²) in [5.41, 5.74) is 0. The average Bonchev–Trinajstić information content (AvgIpc) is 2.96. The molecule has 1 aliphatic heterocycles. The minimum atomic E-state index is 0.762. The molecule has 1 aromatic heterocycles. The van der Waals surface area contributed by atoms with Crippen molar-refractivity contribution >= 4 is 0 Å². The molecule has 96 valence electrons. The number of nitrogens with one attached hydrogen (secondary N) is 1. The van der Waals surface area contributed by atoms with E-state index in [4.69, 9.17) is 4.74 Å². The van der Waals surface area contributed by atoms with Gasteiger partial charge in [-0.25, -0.2) is 4.98 Å². The largest absolute Gasteiger partial charge is 0.381 e. The van der Waals surface area contributed by atoms with Crippen LogP contribution < -0.4 is 5.32 Å². The van der Waals surface area contributed by atoms with E-state index in [-0.39, 0.29) is 0 Å². The number of rotatable bonds is 7. The van der Waals surface area contributed by atoms with Crippen LogP contribution in [-0.2, 0) is 17.8 Å². The molecule has 0 bridgehead atoms. The predicted octanol–water partition coefficient (Wildman–Crippen LogP) is 1.81. The molecule has 0 aromatic carbocycles.